The molecule has 0 radical (unpaired) electrons. The number of hydrogen-bond donors (Lipinski definition) is 1. The number of aromatic nitrogens is 1. The Kier molecular flexibility index (Phi) is 3.56. The predicted molar refractivity (Wildman–Crippen MR) is 78.6 cm³/mol. The Hall–Kier alpha value is -1.34. The maximum atomic E-state index is 9.30. The van der Waals surface area contributed by atoms with E-state index in [0.717, 1.165) is 30.6 Å². The topological polar surface area (TPSA) is 42.8 Å². The first-order chi connectivity index (χ1) is 9.29. The Morgan fingerprint density at radius 1 is 1.26 bits per heavy atom. The van der Waals surface area contributed by atoms with E-state index in [2.05, 4.69) is 16.0 Å². The molecule has 1 aromatic rings. The van der Waals surface area contributed by atoms with Gasteiger partial charge in [-0.1, -0.05) is 31.5 Å². The lowest BCUT2D eigenvalue weighted by Crippen LogP contribution is -2.42. The summed E-state index contributed by atoms with van der Waals surface area (Å²) in [4.78, 5) is 5.32. The highest BCUT2D eigenvalue weighted by Gasteiger charge is 2.31. The molecule has 2 heterocycles. The minimum atomic E-state index is 0.561. The summed E-state index contributed by atoms with van der Waals surface area (Å²) >= 11 is 5.22. The number of nitriles is 1. The number of piperidine rings is 1. The highest BCUT2D eigenvalue weighted by Crippen LogP contribution is 2.38. The van der Waals surface area contributed by atoms with Crippen LogP contribution < -0.4 is 4.90 Å². The second kappa shape index (κ2) is 5.34. The highest BCUT2D eigenvalue weighted by molar-refractivity contribution is 7.71. The first-order valence-electron chi connectivity index (χ1n) is 7.16. The predicted octanol–water partition coefficient (Wildman–Crippen LogP) is 3.63. The van der Waals surface area contributed by atoms with Crippen molar-refractivity contribution in [2.24, 2.45) is 11.8 Å². The van der Waals surface area contributed by atoms with Crippen molar-refractivity contribution < 1.29 is 0 Å². The summed E-state index contributed by atoms with van der Waals surface area (Å²) in [7, 11) is 0. The summed E-state index contributed by atoms with van der Waals surface area (Å²) in [5.74, 6) is 1.72. The van der Waals surface area contributed by atoms with E-state index in [1.807, 2.05) is 12.3 Å². The van der Waals surface area contributed by atoms with E-state index in [1.165, 1.54) is 32.1 Å². The molecule has 0 spiro atoms. The van der Waals surface area contributed by atoms with Crippen LogP contribution >= 0.6 is 12.2 Å². The van der Waals surface area contributed by atoms with Crippen molar-refractivity contribution >= 4 is 17.9 Å². The maximum absolute atomic E-state index is 9.30. The zero-order valence-corrected chi connectivity index (χ0v) is 11.9. The first-order valence-corrected chi connectivity index (χ1v) is 7.57. The lowest BCUT2D eigenvalue weighted by atomic mass is 9.75. The number of fused-ring (bicyclic) bond motifs is 1. The van der Waals surface area contributed by atoms with Crippen LogP contribution in [0.2, 0.25) is 0 Å². The number of nitrogens with zero attached hydrogens (tertiary/aromatic N) is 2. The zero-order valence-electron chi connectivity index (χ0n) is 11.1. The second-order valence-corrected chi connectivity index (χ2v) is 6.13. The fourth-order valence-corrected chi connectivity index (χ4v) is 3.88. The summed E-state index contributed by atoms with van der Waals surface area (Å²) in [6, 6.07) is 4.25. The summed E-state index contributed by atoms with van der Waals surface area (Å²) in [6.45, 7) is 2.16. The Bertz CT molecular complexity index is 557. The molecule has 0 amide bonds. The quantitative estimate of drug-likeness (QED) is 0.794. The fraction of sp³-hybridized carbons (Fsp3) is 0.600. The van der Waals surface area contributed by atoms with Crippen LogP contribution in [-0.2, 0) is 0 Å². The van der Waals surface area contributed by atoms with E-state index in [0.29, 0.717) is 10.2 Å². The van der Waals surface area contributed by atoms with Crippen LogP contribution in [0, 0.1) is 27.8 Å². The molecule has 3 nitrogen and oxygen atoms in total. The van der Waals surface area contributed by atoms with E-state index in [4.69, 9.17) is 12.2 Å². The molecule has 1 saturated carbocycles. The molecule has 0 bridgehead atoms. The number of hydrogen-bond acceptors (Lipinski definition) is 3. The normalized spacial score (nSPS) is 26.6. The highest BCUT2D eigenvalue weighted by atomic mass is 32.1. The smallest absolute Gasteiger partial charge is 0.123 e. The van der Waals surface area contributed by atoms with Gasteiger partial charge < -0.3 is 9.88 Å². The third-order valence-electron chi connectivity index (χ3n) is 4.68. The Morgan fingerprint density at radius 3 is 2.84 bits per heavy atom. The molecule has 19 heavy (non-hydrogen) atoms. The number of H-pyrrole nitrogens is 1. The van der Waals surface area contributed by atoms with Gasteiger partial charge in [0.15, 0.2) is 0 Å². The van der Waals surface area contributed by atoms with Gasteiger partial charge in [0, 0.05) is 19.3 Å². The lowest BCUT2D eigenvalue weighted by Gasteiger charge is -2.42. The van der Waals surface area contributed by atoms with Crippen molar-refractivity contribution in [3.8, 4) is 6.07 Å². The van der Waals surface area contributed by atoms with Gasteiger partial charge in [0.25, 0.3) is 0 Å². The molecule has 100 valence electrons. The summed E-state index contributed by atoms with van der Waals surface area (Å²) in [5.41, 5.74) is 1.65. The first kappa shape index (κ1) is 12.7. The van der Waals surface area contributed by atoms with E-state index in [9.17, 15) is 5.26 Å². The largest absolute Gasteiger partial charge is 0.370 e. The fourth-order valence-electron chi connectivity index (χ4n) is 3.66. The van der Waals surface area contributed by atoms with Crippen molar-refractivity contribution in [3.05, 3.63) is 22.5 Å². The summed E-state index contributed by atoms with van der Waals surface area (Å²) < 4.78 is 0.561. The monoisotopic (exact) mass is 273 g/mol. The van der Waals surface area contributed by atoms with Crippen LogP contribution in [-0.4, -0.2) is 18.1 Å². The van der Waals surface area contributed by atoms with Crippen molar-refractivity contribution in [1.82, 2.24) is 4.98 Å². The van der Waals surface area contributed by atoms with Gasteiger partial charge in [-0.25, -0.2) is 0 Å². The number of anilines is 1. The van der Waals surface area contributed by atoms with Gasteiger partial charge in [0.2, 0.25) is 0 Å². The number of rotatable bonds is 1. The summed E-state index contributed by atoms with van der Waals surface area (Å²) in [5, 5.41) is 9.30. The molecule has 2 aliphatic rings. The van der Waals surface area contributed by atoms with Crippen LogP contribution in [0.3, 0.4) is 0 Å². The van der Waals surface area contributed by atoms with Gasteiger partial charge in [0.1, 0.15) is 16.3 Å². The molecule has 3 rings (SSSR count). The molecule has 1 N–H and O–H groups in total. The van der Waals surface area contributed by atoms with Gasteiger partial charge in [-0.3, -0.25) is 0 Å². The van der Waals surface area contributed by atoms with Gasteiger partial charge in [-0.15, -0.1) is 0 Å². The minimum absolute atomic E-state index is 0.561. The van der Waals surface area contributed by atoms with E-state index in [1.54, 1.807) is 0 Å². The molecule has 0 unspecified atom stereocenters. The molecule has 1 aliphatic carbocycles. The molecular formula is C15H19N3S. The van der Waals surface area contributed by atoms with Gasteiger partial charge in [-0.2, -0.15) is 5.26 Å². The number of nitrogens with one attached hydrogen (secondary N) is 1. The Morgan fingerprint density at radius 2 is 2.05 bits per heavy atom. The average molecular weight is 273 g/mol. The molecule has 1 aromatic heterocycles. The SMILES string of the molecule is N#Cc1c(N2CC[C@H]3CCCC[C@@H]3C2)cc[nH]c1=S. The molecule has 2 fully saturated rings. The van der Waals surface area contributed by atoms with Gasteiger partial charge in [-0.05, 0) is 30.7 Å². The van der Waals surface area contributed by atoms with Crippen LogP contribution in [0.1, 0.15) is 37.7 Å². The van der Waals surface area contributed by atoms with Crippen molar-refractivity contribution in [2.75, 3.05) is 18.0 Å². The van der Waals surface area contributed by atoms with Gasteiger partial charge >= 0.3 is 0 Å². The number of aromatic amines is 1. The van der Waals surface area contributed by atoms with Crippen molar-refractivity contribution in [2.45, 2.75) is 32.1 Å². The molecule has 2 atom stereocenters. The molecule has 1 aliphatic heterocycles. The average Bonchev–Trinajstić information content (AvgIpc) is 2.46. The Balaban J connectivity index is 1.86. The third kappa shape index (κ3) is 2.40. The van der Waals surface area contributed by atoms with E-state index in [-0.39, 0.29) is 0 Å². The third-order valence-corrected chi connectivity index (χ3v) is 5.00. The van der Waals surface area contributed by atoms with Crippen molar-refractivity contribution in [1.29, 1.82) is 5.26 Å². The zero-order chi connectivity index (χ0) is 13.2. The molecule has 1 saturated heterocycles. The Labute approximate surface area is 119 Å². The molecule has 4 heteroatoms. The maximum Gasteiger partial charge on any atom is 0.123 e. The molecular weight excluding hydrogens is 254 g/mol. The van der Waals surface area contributed by atoms with Crippen LogP contribution in [0.25, 0.3) is 0 Å². The van der Waals surface area contributed by atoms with Crippen LogP contribution in [0.5, 0.6) is 0 Å². The van der Waals surface area contributed by atoms with E-state index < -0.39 is 0 Å². The van der Waals surface area contributed by atoms with Crippen LogP contribution in [0.15, 0.2) is 12.3 Å². The number of pyridine rings is 1. The standard InChI is InChI=1S/C15H19N3S/c16-9-13-14(5-7-17-15(13)19)18-8-6-11-3-1-2-4-12(11)10-18/h5,7,11-12H,1-4,6,8,10H2,(H,17,19)/t11-,12-/m1/s1. The van der Waals surface area contributed by atoms with Crippen molar-refractivity contribution in [3.63, 3.8) is 0 Å². The van der Waals surface area contributed by atoms with E-state index >= 15 is 0 Å². The molecule has 0 aromatic carbocycles. The lowest BCUT2D eigenvalue weighted by molar-refractivity contribution is 0.202. The van der Waals surface area contributed by atoms with Crippen LogP contribution in [0.4, 0.5) is 5.69 Å². The second-order valence-electron chi connectivity index (χ2n) is 5.72. The minimum Gasteiger partial charge on any atom is -0.370 e. The van der Waals surface area contributed by atoms with Gasteiger partial charge in [0.05, 0.1) is 5.69 Å². The summed E-state index contributed by atoms with van der Waals surface area (Å²) in [6.07, 6.45) is 8.64.